The highest BCUT2D eigenvalue weighted by Crippen LogP contribution is 2.17. The van der Waals surface area contributed by atoms with Gasteiger partial charge in [-0.3, -0.25) is 4.99 Å². The first kappa shape index (κ1) is 9.91. The molecule has 0 aliphatic heterocycles. The van der Waals surface area contributed by atoms with Crippen LogP contribution >= 0.6 is 0 Å². The molecule has 0 spiro atoms. The van der Waals surface area contributed by atoms with Crippen LogP contribution in [0.25, 0.3) is 0 Å². The molecular weight excluding hydrogens is 182 g/mol. The summed E-state index contributed by atoms with van der Waals surface area (Å²) in [4.78, 5) is 4.60. The molecule has 0 saturated carbocycles. The quantitative estimate of drug-likeness (QED) is 0.639. The Bertz CT molecular complexity index is 409. The second-order valence-corrected chi connectivity index (χ2v) is 3.88. The van der Waals surface area contributed by atoms with Gasteiger partial charge in [-0.25, -0.2) is 0 Å². The maximum Gasteiger partial charge on any atom is 0.0629 e. The van der Waals surface area contributed by atoms with Crippen molar-refractivity contribution in [1.82, 2.24) is 0 Å². The third-order valence-electron chi connectivity index (χ3n) is 2.57. The summed E-state index contributed by atoms with van der Waals surface area (Å²) in [6, 6.07) is 8.29. The first-order valence-electron chi connectivity index (χ1n) is 5.22. The molecule has 0 fully saturated rings. The van der Waals surface area contributed by atoms with E-state index in [9.17, 15) is 0 Å². The first-order valence-corrected chi connectivity index (χ1v) is 5.22. The minimum absolute atomic E-state index is 0.381. The lowest BCUT2D eigenvalue weighted by Crippen LogP contribution is -2.02. The summed E-state index contributed by atoms with van der Waals surface area (Å²) < 4.78 is 0. The second kappa shape index (κ2) is 4.26. The van der Waals surface area contributed by atoms with Crippen molar-refractivity contribution in [1.29, 1.82) is 0 Å². The molecule has 0 N–H and O–H groups in total. The van der Waals surface area contributed by atoms with E-state index < -0.39 is 0 Å². The van der Waals surface area contributed by atoms with Crippen LogP contribution in [0.5, 0.6) is 0 Å². The van der Waals surface area contributed by atoms with Gasteiger partial charge in [0.2, 0.25) is 0 Å². The number of nitrogens with zero attached hydrogens (tertiary/aromatic N) is 1. The van der Waals surface area contributed by atoms with Crippen molar-refractivity contribution in [3.8, 4) is 0 Å². The smallest absolute Gasteiger partial charge is 0.0629 e. The lowest BCUT2D eigenvalue weighted by Gasteiger charge is -2.04. The molecule has 0 bridgehead atoms. The molecule has 2 rings (SSSR count). The van der Waals surface area contributed by atoms with Gasteiger partial charge in [0.25, 0.3) is 0 Å². The van der Waals surface area contributed by atoms with Crippen LogP contribution in [0.15, 0.2) is 53.6 Å². The third-order valence-corrected chi connectivity index (χ3v) is 2.57. The zero-order valence-corrected chi connectivity index (χ0v) is 9.14. The molecule has 76 valence electrons. The van der Waals surface area contributed by atoms with Gasteiger partial charge in [0.15, 0.2) is 0 Å². The summed E-state index contributed by atoms with van der Waals surface area (Å²) in [5, 5.41) is 0. The predicted molar refractivity (Wildman–Crippen MR) is 65.7 cm³/mol. The molecular formula is C14H15N. The van der Waals surface area contributed by atoms with Crippen molar-refractivity contribution >= 4 is 11.4 Å². The van der Waals surface area contributed by atoms with E-state index in [2.05, 4.69) is 67.4 Å². The highest BCUT2D eigenvalue weighted by Gasteiger charge is 2.06. The van der Waals surface area contributed by atoms with Gasteiger partial charge in [0.05, 0.1) is 5.69 Å². The van der Waals surface area contributed by atoms with Crippen LogP contribution in [0.2, 0.25) is 0 Å². The van der Waals surface area contributed by atoms with E-state index in [1.165, 1.54) is 5.56 Å². The molecule has 0 saturated heterocycles. The molecule has 0 radical (unpaired) electrons. The van der Waals surface area contributed by atoms with Gasteiger partial charge in [-0.1, -0.05) is 42.0 Å². The molecule has 0 aromatic heterocycles. The normalized spacial score (nSPS) is 16.3. The minimum Gasteiger partial charge on any atom is -0.257 e. The molecule has 0 atom stereocenters. The number of benzene rings is 1. The zero-order chi connectivity index (χ0) is 10.7. The van der Waals surface area contributed by atoms with Gasteiger partial charge in [-0.15, -0.1) is 0 Å². The van der Waals surface area contributed by atoms with Crippen LogP contribution in [0, 0.1) is 12.8 Å². The maximum atomic E-state index is 4.60. The second-order valence-electron chi connectivity index (χ2n) is 3.88. The number of aliphatic imine (C=N–C) groups is 1. The molecule has 1 heteroatoms. The Morgan fingerprint density at radius 2 is 1.67 bits per heavy atom. The Balaban J connectivity index is 2.18. The fourth-order valence-electron chi connectivity index (χ4n) is 1.61. The predicted octanol–water partition coefficient (Wildman–Crippen LogP) is 3.83. The first-order chi connectivity index (χ1) is 7.25. The molecule has 1 nitrogen and oxygen atoms in total. The Labute approximate surface area is 90.9 Å². The van der Waals surface area contributed by atoms with Gasteiger partial charge in [0, 0.05) is 11.6 Å². The van der Waals surface area contributed by atoms with E-state index in [0.29, 0.717) is 5.92 Å². The van der Waals surface area contributed by atoms with Gasteiger partial charge < -0.3 is 0 Å². The molecule has 1 aromatic rings. The topological polar surface area (TPSA) is 12.4 Å². The summed E-state index contributed by atoms with van der Waals surface area (Å²) in [6.07, 6.45) is 8.46. The van der Waals surface area contributed by atoms with Crippen LogP contribution < -0.4 is 0 Å². The molecule has 1 aliphatic rings. The number of hydrogen-bond donors (Lipinski definition) is 0. The van der Waals surface area contributed by atoms with Crippen molar-refractivity contribution in [3.05, 3.63) is 54.1 Å². The SMILES string of the molecule is CC(=Nc1ccc(C)cc1)C1C=CC=C1. The van der Waals surface area contributed by atoms with E-state index >= 15 is 0 Å². The molecule has 15 heavy (non-hydrogen) atoms. The Morgan fingerprint density at radius 3 is 2.27 bits per heavy atom. The monoisotopic (exact) mass is 197 g/mol. The van der Waals surface area contributed by atoms with Gasteiger partial charge in [0.1, 0.15) is 0 Å². The lowest BCUT2D eigenvalue weighted by atomic mass is 10.1. The van der Waals surface area contributed by atoms with Crippen LogP contribution in [0.4, 0.5) is 5.69 Å². The molecule has 0 heterocycles. The molecule has 0 unspecified atom stereocenters. The number of aryl methyl sites for hydroxylation is 1. The van der Waals surface area contributed by atoms with Crippen molar-refractivity contribution < 1.29 is 0 Å². The lowest BCUT2D eigenvalue weighted by molar-refractivity contribution is 1.14. The van der Waals surface area contributed by atoms with Crippen LogP contribution in [-0.2, 0) is 0 Å². The summed E-state index contributed by atoms with van der Waals surface area (Å²) in [5.41, 5.74) is 3.45. The third kappa shape index (κ3) is 2.44. The molecule has 1 aromatic carbocycles. The van der Waals surface area contributed by atoms with Crippen LogP contribution in [-0.4, -0.2) is 5.71 Å². The largest absolute Gasteiger partial charge is 0.257 e. The summed E-state index contributed by atoms with van der Waals surface area (Å²) in [5.74, 6) is 0.381. The van der Waals surface area contributed by atoms with Crippen molar-refractivity contribution in [3.63, 3.8) is 0 Å². The summed E-state index contributed by atoms with van der Waals surface area (Å²) >= 11 is 0. The van der Waals surface area contributed by atoms with E-state index in [4.69, 9.17) is 0 Å². The zero-order valence-electron chi connectivity index (χ0n) is 9.14. The standard InChI is InChI=1S/C14H15N/c1-11-7-9-14(10-8-11)15-12(2)13-5-3-4-6-13/h3-10,13H,1-2H3. The van der Waals surface area contributed by atoms with E-state index in [-0.39, 0.29) is 0 Å². The summed E-state index contributed by atoms with van der Waals surface area (Å²) in [7, 11) is 0. The fourth-order valence-corrected chi connectivity index (χ4v) is 1.61. The average molecular weight is 197 g/mol. The molecule has 1 aliphatic carbocycles. The van der Waals surface area contributed by atoms with E-state index in [1.54, 1.807) is 0 Å². The highest BCUT2D eigenvalue weighted by atomic mass is 14.7. The fraction of sp³-hybridized carbons (Fsp3) is 0.214. The van der Waals surface area contributed by atoms with Crippen LogP contribution in [0.3, 0.4) is 0 Å². The van der Waals surface area contributed by atoms with Crippen LogP contribution in [0.1, 0.15) is 12.5 Å². The van der Waals surface area contributed by atoms with Gasteiger partial charge >= 0.3 is 0 Å². The average Bonchev–Trinajstić information content (AvgIpc) is 2.74. The maximum absolute atomic E-state index is 4.60. The number of rotatable bonds is 2. The highest BCUT2D eigenvalue weighted by molar-refractivity contribution is 5.90. The summed E-state index contributed by atoms with van der Waals surface area (Å²) in [6.45, 7) is 4.16. The molecule has 0 amide bonds. The van der Waals surface area contributed by atoms with Crippen molar-refractivity contribution in [2.45, 2.75) is 13.8 Å². The Kier molecular flexibility index (Phi) is 2.82. The minimum atomic E-state index is 0.381. The van der Waals surface area contributed by atoms with Crippen molar-refractivity contribution in [2.75, 3.05) is 0 Å². The van der Waals surface area contributed by atoms with Gasteiger partial charge in [-0.2, -0.15) is 0 Å². The van der Waals surface area contributed by atoms with E-state index in [0.717, 1.165) is 11.4 Å². The number of hydrogen-bond acceptors (Lipinski definition) is 1. The Morgan fingerprint density at radius 1 is 1.07 bits per heavy atom. The van der Waals surface area contributed by atoms with E-state index in [1.807, 2.05) is 0 Å². The van der Waals surface area contributed by atoms with Gasteiger partial charge in [-0.05, 0) is 26.0 Å². The number of allylic oxidation sites excluding steroid dienone is 4. The van der Waals surface area contributed by atoms with Crippen molar-refractivity contribution in [2.24, 2.45) is 10.9 Å². The Hall–Kier alpha value is -1.63.